The largest absolute Gasteiger partial charge is 0.486 e. The molecule has 0 spiro atoms. The van der Waals surface area contributed by atoms with Gasteiger partial charge in [0.1, 0.15) is 13.2 Å². The third-order valence-electron chi connectivity index (χ3n) is 2.63. The van der Waals surface area contributed by atoms with Gasteiger partial charge in [0.2, 0.25) is 5.91 Å². The van der Waals surface area contributed by atoms with Crippen molar-refractivity contribution in [1.29, 1.82) is 0 Å². The lowest BCUT2D eigenvalue weighted by Gasteiger charge is -2.18. The van der Waals surface area contributed by atoms with E-state index in [4.69, 9.17) is 15.9 Å². The van der Waals surface area contributed by atoms with E-state index in [1.165, 1.54) is 0 Å². The van der Waals surface area contributed by atoms with E-state index in [9.17, 15) is 4.79 Å². The highest BCUT2D eigenvalue weighted by Crippen LogP contribution is 2.30. The minimum atomic E-state index is -0.0390. The molecule has 1 N–H and O–H groups in total. The molecule has 18 heavy (non-hydrogen) atoms. The molecule has 94 valence electrons. The molecule has 1 amide bonds. The molecule has 0 unspecified atom stereocenters. The highest BCUT2D eigenvalue weighted by atomic mass is 16.6. The van der Waals surface area contributed by atoms with Crippen LogP contribution in [0.25, 0.3) is 0 Å². The first-order valence-corrected chi connectivity index (χ1v) is 5.88. The van der Waals surface area contributed by atoms with Crippen LogP contribution in [0, 0.1) is 12.3 Å². The van der Waals surface area contributed by atoms with E-state index >= 15 is 0 Å². The molecule has 0 radical (unpaired) electrons. The third-order valence-corrected chi connectivity index (χ3v) is 2.63. The van der Waals surface area contributed by atoms with Crippen molar-refractivity contribution < 1.29 is 14.3 Å². The van der Waals surface area contributed by atoms with Crippen LogP contribution < -0.4 is 14.8 Å². The van der Waals surface area contributed by atoms with Crippen LogP contribution in [-0.4, -0.2) is 25.7 Å². The van der Waals surface area contributed by atoms with Gasteiger partial charge in [0.15, 0.2) is 11.5 Å². The summed E-state index contributed by atoms with van der Waals surface area (Å²) in [6.07, 6.45) is 6.14. The second-order valence-electron chi connectivity index (χ2n) is 3.96. The van der Waals surface area contributed by atoms with E-state index in [-0.39, 0.29) is 12.5 Å². The smallest absolute Gasteiger partial charge is 0.221 e. The number of hydrogen-bond donors (Lipinski definition) is 1. The number of carbonyl (C=O) groups excluding carboxylic acids is 1. The minimum Gasteiger partial charge on any atom is -0.486 e. The van der Waals surface area contributed by atoms with Crippen molar-refractivity contribution in [3.8, 4) is 23.8 Å². The molecule has 1 aromatic rings. The maximum atomic E-state index is 11.4. The van der Waals surface area contributed by atoms with Gasteiger partial charge in [-0.25, -0.2) is 0 Å². The average molecular weight is 245 g/mol. The van der Waals surface area contributed by atoms with E-state index in [2.05, 4.69) is 11.2 Å². The lowest BCUT2D eigenvalue weighted by molar-refractivity contribution is -0.120. The molecule has 0 aromatic heterocycles. The molecular formula is C14H15NO3. The van der Waals surface area contributed by atoms with E-state index in [1.54, 1.807) is 0 Å². The molecule has 0 bridgehead atoms. The summed E-state index contributed by atoms with van der Waals surface area (Å²) < 4.78 is 10.9. The van der Waals surface area contributed by atoms with Crippen LogP contribution in [0.3, 0.4) is 0 Å². The van der Waals surface area contributed by atoms with Gasteiger partial charge in [-0.05, 0) is 24.1 Å². The van der Waals surface area contributed by atoms with Gasteiger partial charge in [0.05, 0.1) is 6.54 Å². The summed E-state index contributed by atoms with van der Waals surface area (Å²) in [6, 6.07) is 5.74. The van der Waals surface area contributed by atoms with Crippen molar-refractivity contribution >= 4 is 5.91 Å². The molecule has 0 saturated heterocycles. The zero-order valence-corrected chi connectivity index (χ0v) is 10.1. The first-order valence-electron chi connectivity index (χ1n) is 5.88. The lowest BCUT2D eigenvalue weighted by Crippen LogP contribution is -2.23. The predicted octanol–water partition coefficient (Wildman–Crippen LogP) is 1.14. The van der Waals surface area contributed by atoms with Crippen molar-refractivity contribution in [2.45, 2.75) is 12.8 Å². The Morgan fingerprint density at radius 1 is 1.33 bits per heavy atom. The molecule has 0 atom stereocenters. The first kappa shape index (κ1) is 12.3. The second-order valence-corrected chi connectivity index (χ2v) is 3.96. The van der Waals surface area contributed by atoms with Crippen LogP contribution in [0.2, 0.25) is 0 Å². The normalized spacial score (nSPS) is 12.6. The van der Waals surface area contributed by atoms with E-state index < -0.39 is 0 Å². The summed E-state index contributed by atoms with van der Waals surface area (Å²) in [7, 11) is 0. The quantitative estimate of drug-likeness (QED) is 0.809. The number of nitrogens with one attached hydrogen (secondary N) is 1. The van der Waals surface area contributed by atoms with Gasteiger partial charge in [-0.1, -0.05) is 12.0 Å². The first-order chi connectivity index (χ1) is 8.79. The summed E-state index contributed by atoms with van der Waals surface area (Å²) in [4.78, 5) is 11.4. The minimum absolute atomic E-state index is 0.0390. The van der Waals surface area contributed by atoms with Crippen LogP contribution in [0.4, 0.5) is 0 Å². The number of benzene rings is 1. The van der Waals surface area contributed by atoms with Crippen LogP contribution in [0.1, 0.15) is 12.0 Å². The van der Waals surface area contributed by atoms with Crippen LogP contribution in [0.15, 0.2) is 18.2 Å². The van der Waals surface area contributed by atoms with Crippen molar-refractivity contribution in [3.05, 3.63) is 23.8 Å². The Morgan fingerprint density at radius 2 is 2.11 bits per heavy atom. The lowest BCUT2D eigenvalue weighted by atomic mass is 10.1. The Balaban J connectivity index is 1.90. The van der Waals surface area contributed by atoms with E-state index in [1.807, 2.05) is 18.2 Å². The second kappa shape index (κ2) is 5.97. The molecule has 2 rings (SSSR count). The van der Waals surface area contributed by atoms with Crippen molar-refractivity contribution in [1.82, 2.24) is 5.32 Å². The van der Waals surface area contributed by atoms with Crippen LogP contribution in [0.5, 0.6) is 11.5 Å². The van der Waals surface area contributed by atoms with E-state index in [0.29, 0.717) is 26.1 Å². The number of fused-ring (bicyclic) bond motifs is 1. The number of amides is 1. The maximum absolute atomic E-state index is 11.4. The standard InChI is InChI=1S/C14H15NO3/c1-2-7-15-14(16)6-4-11-3-5-12-13(10-11)18-9-8-17-12/h1,3,5,10H,4,6-9H2,(H,15,16). The molecule has 4 heteroatoms. The number of aryl methyl sites for hydroxylation is 1. The topological polar surface area (TPSA) is 47.6 Å². The predicted molar refractivity (Wildman–Crippen MR) is 67.6 cm³/mol. The molecule has 1 aliphatic rings. The Labute approximate surface area is 106 Å². The zero-order valence-electron chi connectivity index (χ0n) is 10.1. The number of rotatable bonds is 4. The summed E-state index contributed by atoms with van der Waals surface area (Å²) >= 11 is 0. The van der Waals surface area contributed by atoms with Crippen molar-refractivity contribution in [3.63, 3.8) is 0 Å². The monoisotopic (exact) mass is 245 g/mol. The molecule has 0 saturated carbocycles. The summed E-state index contributed by atoms with van der Waals surface area (Å²) in [5, 5.41) is 2.63. The molecule has 1 aromatic carbocycles. The van der Waals surface area contributed by atoms with Gasteiger partial charge >= 0.3 is 0 Å². The summed E-state index contributed by atoms with van der Waals surface area (Å²) in [6.45, 7) is 1.43. The van der Waals surface area contributed by atoms with Gasteiger partial charge < -0.3 is 14.8 Å². The van der Waals surface area contributed by atoms with E-state index in [0.717, 1.165) is 17.1 Å². The van der Waals surface area contributed by atoms with Crippen molar-refractivity contribution in [2.75, 3.05) is 19.8 Å². The molecule has 1 heterocycles. The zero-order chi connectivity index (χ0) is 12.8. The SMILES string of the molecule is C#CCNC(=O)CCc1ccc2c(c1)OCCO2. The van der Waals surface area contributed by atoms with Gasteiger partial charge in [-0.3, -0.25) is 4.79 Å². The Bertz CT molecular complexity index is 476. The molecular weight excluding hydrogens is 230 g/mol. The van der Waals surface area contributed by atoms with Crippen molar-refractivity contribution in [2.24, 2.45) is 0 Å². The highest BCUT2D eigenvalue weighted by Gasteiger charge is 2.12. The number of hydrogen-bond acceptors (Lipinski definition) is 3. The fraction of sp³-hybridized carbons (Fsp3) is 0.357. The van der Waals surface area contributed by atoms with Gasteiger partial charge in [-0.2, -0.15) is 0 Å². The Hall–Kier alpha value is -2.15. The van der Waals surface area contributed by atoms with Crippen LogP contribution >= 0.6 is 0 Å². The Kier molecular flexibility index (Phi) is 4.08. The number of ether oxygens (including phenoxy) is 2. The fourth-order valence-electron chi connectivity index (χ4n) is 1.74. The molecule has 0 aliphatic carbocycles. The molecule has 0 fully saturated rings. The van der Waals surface area contributed by atoms with Gasteiger partial charge in [0.25, 0.3) is 0 Å². The van der Waals surface area contributed by atoms with Gasteiger partial charge in [-0.15, -0.1) is 6.42 Å². The fourth-order valence-corrected chi connectivity index (χ4v) is 1.74. The number of carbonyl (C=O) groups is 1. The number of terminal acetylenes is 1. The maximum Gasteiger partial charge on any atom is 0.221 e. The summed E-state index contributed by atoms with van der Waals surface area (Å²) in [5.41, 5.74) is 1.05. The summed E-state index contributed by atoms with van der Waals surface area (Å²) in [5.74, 6) is 3.85. The average Bonchev–Trinajstić information content (AvgIpc) is 2.42. The highest BCUT2D eigenvalue weighted by molar-refractivity contribution is 5.76. The van der Waals surface area contributed by atoms with Gasteiger partial charge in [0, 0.05) is 6.42 Å². The Morgan fingerprint density at radius 3 is 2.89 bits per heavy atom. The molecule has 1 aliphatic heterocycles. The third kappa shape index (κ3) is 3.17. The molecule has 4 nitrogen and oxygen atoms in total. The van der Waals surface area contributed by atoms with Crippen LogP contribution in [-0.2, 0) is 11.2 Å².